The van der Waals surface area contributed by atoms with Crippen molar-refractivity contribution in [3.8, 4) is 5.75 Å². The maximum Gasteiger partial charge on any atom is 0.123 e. The van der Waals surface area contributed by atoms with E-state index in [1.165, 1.54) is 5.56 Å². The molecule has 1 aromatic carbocycles. The molecule has 1 aromatic heterocycles. The average Bonchev–Trinajstić information content (AvgIpc) is 2.36. The van der Waals surface area contributed by atoms with Crippen LogP contribution in [0.1, 0.15) is 37.5 Å². The first-order valence-corrected chi connectivity index (χ1v) is 6.59. The molecule has 0 aliphatic heterocycles. The molecule has 19 heavy (non-hydrogen) atoms. The Balaban J connectivity index is 2.16. The zero-order chi connectivity index (χ0) is 13.9. The van der Waals surface area contributed by atoms with E-state index in [9.17, 15) is 0 Å². The number of ether oxygens (including phenoxy) is 1. The summed E-state index contributed by atoms with van der Waals surface area (Å²) in [7, 11) is 0. The van der Waals surface area contributed by atoms with Crippen LogP contribution in [0.2, 0.25) is 0 Å². The van der Waals surface area contributed by atoms with Crippen LogP contribution in [0.4, 0.5) is 0 Å². The Hall–Kier alpha value is -1.83. The van der Waals surface area contributed by atoms with E-state index in [1.54, 1.807) is 0 Å². The molecule has 0 spiro atoms. The smallest absolute Gasteiger partial charge is 0.123 e. The van der Waals surface area contributed by atoms with Crippen LogP contribution >= 0.6 is 0 Å². The number of aryl methyl sites for hydroxylation is 1. The topological polar surface area (TPSA) is 22.1 Å². The molecule has 2 rings (SSSR count). The van der Waals surface area contributed by atoms with Crippen molar-refractivity contribution in [3.05, 3.63) is 59.4 Å². The number of hydrogen-bond acceptors (Lipinski definition) is 2. The highest BCUT2D eigenvalue weighted by molar-refractivity contribution is 5.38. The number of rotatable bonds is 3. The van der Waals surface area contributed by atoms with Gasteiger partial charge in [-0.15, -0.1) is 0 Å². The predicted octanol–water partition coefficient (Wildman–Crippen LogP) is 4.27. The maximum atomic E-state index is 5.96. The fraction of sp³-hybridized carbons (Fsp3) is 0.353. The highest BCUT2D eigenvalue weighted by atomic mass is 16.5. The van der Waals surface area contributed by atoms with Gasteiger partial charge < -0.3 is 4.74 Å². The molecule has 0 aliphatic carbocycles. The number of hydrogen-bond donors (Lipinski definition) is 0. The summed E-state index contributed by atoms with van der Waals surface area (Å²) in [4.78, 5) is 4.19. The van der Waals surface area contributed by atoms with Crippen LogP contribution in [-0.4, -0.2) is 4.98 Å². The van der Waals surface area contributed by atoms with Crippen molar-refractivity contribution in [2.45, 2.75) is 39.7 Å². The van der Waals surface area contributed by atoms with Crippen molar-refractivity contribution in [1.29, 1.82) is 0 Å². The highest BCUT2D eigenvalue weighted by Gasteiger charge is 2.18. The SMILES string of the molecule is Cc1cncc(COc2ccccc2C(C)(C)C)c1. The molecule has 2 heteroatoms. The van der Waals surface area contributed by atoms with Crippen molar-refractivity contribution >= 4 is 0 Å². The van der Waals surface area contributed by atoms with Crippen molar-refractivity contribution < 1.29 is 4.74 Å². The second-order valence-electron chi connectivity index (χ2n) is 5.91. The van der Waals surface area contributed by atoms with E-state index >= 15 is 0 Å². The molecule has 2 aromatic rings. The fourth-order valence-electron chi connectivity index (χ4n) is 2.07. The van der Waals surface area contributed by atoms with Crippen LogP contribution in [0.5, 0.6) is 5.75 Å². The molecule has 100 valence electrons. The van der Waals surface area contributed by atoms with E-state index in [0.29, 0.717) is 6.61 Å². The van der Waals surface area contributed by atoms with Gasteiger partial charge in [-0.1, -0.05) is 39.0 Å². The third-order valence-electron chi connectivity index (χ3n) is 3.02. The molecule has 0 aliphatic rings. The van der Waals surface area contributed by atoms with Gasteiger partial charge in [-0.25, -0.2) is 0 Å². The summed E-state index contributed by atoms with van der Waals surface area (Å²) < 4.78 is 5.96. The van der Waals surface area contributed by atoms with Gasteiger partial charge >= 0.3 is 0 Å². The van der Waals surface area contributed by atoms with Gasteiger partial charge in [0.1, 0.15) is 12.4 Å². The van der Waals surface area contributed by atoms with Crippen LogP contribution in [0.15, 0.2) is 42.7 Å². The van der Waals surface area contributed by atoms with E-state index < -0.39 is 0 Å². The first kappa shape index (κ1) is 13.6. The van der Waals surface area contributed by atoms with Crippen LogP contribution < -0.4 is 4.74 Å². The summed E-state index contributed by atoms with van der Waals surface area (Å²) in [6.07, 6.45) is 3.71. The Labute approximate surface area is 115 Å². The zero-order valence-electron chi connectivity index (χ0n) is 12.1. The Morgan fingerprint density at radius 1 is 1.11 bits per heavy atom. The standard InChI is InChI=1S/C17H21NO/c1-13-9-14(11-18-10-13)12-19-16-8-6-5-7-15(16)17(2,3)4/h5-11H,12H2,1-4H3. The zero-order valence-corrected chi connectivity index (χ0v) is 12.1. The number of para-hydroxylation sites is 1. The van der Waals surface area contributed by atoms with Crippen LogP contribution in [0.3, 0.4) is 0 Å². The average molecular weight is 255 g/mol. The van der Waals surface area contributed by atoms with E-state index in [2.05, 4.69) is 44.0 Å². The summed E-state index contributed by atoms with van der Waals surface area (Å²) in [6, 6.07) is 10.3. The minimum atomic E-state index is 0.0848. The molecule has 0 saturated heterocycles. The lowest BCUT2D eigenvalue weighted by atomic mass is 9.86. The van der Waals surface area contributed by atoms with Gasteiger partial charge in [0.25, 0.3) is 0 Å². The largest absolute Gasteiger partial charge is 0.489 e. The first-order valence-electron chi connectivity index (χ1n) is 6.59. The summed E-state index contributed by atoms with van der Waals surface area (Å²) in [5.74, 6) is 0.955. The third kappa shape index (κ3) is 3.57. The molecule has 0 unspecified atom stereocenters. The molecule has 0 bridgehead atoms. The summed E-state index contributed by atoms with van der Waals surface area (Å²) in [6.45, 7) is 9.19. The second kappa shape index (κ2) is 5.43. The number of nitrogens with zero attached hydrogens (tertiary/aromatic N) is 1. The minimum Gasteiger partial charge on any atom is -0.489 e. The fourth-order valence-corrected chi connectivity index (χ4v) is 2.07. The lowest BCUT2D eigenvalue weighted by Gasteiger charge is -2.22. The van der Waals surface area contributed by atoms with Crippen molar-refractivity contribution in [2.75, 3.05) is 0 Å². The lowest BCUT2D eigenvalue weighted by molar-refractivity contribution is 0.297. The van der Waals surface area contributed by atoms with Crippen molar-refractivity contribution in [1.82, 2.24) is 4.98 Å². The predicted molar refractivity (Wildman–Crippen MR) is 78.4 cm³/mol. The molecule has 0 N–H and O–H groups in total. The number of pyridine rings is 1. The second-order valence-corrected chi connectivity index (χ2v) is 5.91. The molecule has 0 fully saturated rings. The van der Waals surface area contributed by atoms with Gasteiger partial charge in [0.2, 0.25) is 0 Å². The van der Waals surface area contributed by atoms with E-state index in [-0.39, 0.29) is 5.41 Å². The first-order chi connectivity index (χ1) is 8.97. The molecule has 0 amide bonds. The van der Waals surface area contributed by atoms with Crippen LogP contribution in [-0.2, 0) is 12.0 Å². The van der Waals surface area contributed by atoms with Gasteiger partial charge in [0, 0.05) is 18.0 Å². The molecular weight excluding hydrogens is 234 g/mol. The summed E-state index contributed by atoms with van der Waals surface area (Å²) in [5.41, 5.74) is 3.58. The molecule has 1 heterocycles. The van der Waals surface area contributed by atoms with Crippen LogP contribution in [0.25, 0.3) is 0 Å². The Morgan fingerprint density at radius 2 is 1.84 bits per heavy atom. The lowest BCUT2D eigenvalue weighted by Crippen LogP contribution is -2.13. The molecular formula is C17H21NO. The van der Waals surface area contributed by atoms with Gasteiger partial charge in [0.05, 0.1) is 0 Å². The summed E-state index contributed by atoms with van der Waals surface area (Å²) >= 11 is 0. The quantitative estimate of drug-likeness (QED) is 0.817. The minimum absolute atomic E-state index is 0.0848. The monoisotopic (exact) mass is 255 g/mol. The normalized spacial score (nSPS) is 11.4. The Morgan fingerprint density at radius 3 is 2.53 bits per heavy atom. The van der Waals surface area contributed by atoms with Crippen molar-refractivity contribution in [3.63, 3.8) is 0 Å². The van der Waals surface area contributed by atoms with Crippen LogP contribution in [0, 0.1) is 6.92 Å². The highest BCUT2D eigenvalue weighted by Crippen LogP contribution is 2.31. The molecule has 2 nitrogen and oxygen atoms in total. The number of benzene rings is 1. The van der Waals surface area contributed by atoms with Gasteiger partial charge in [-0.05, 0) is 35.6 Å². The molecule has 0 saturated carbocycles. The van der Waals surface area contributed by atoms with Gasteiger partial charge in [-0.3, -0.25) is 4.98 Å². The molecule has 0 radical (unpaired) electrons. The summed E-state index contributed by atoms with van der Waals surface area (Å²) in [5, 5.41) is 0. The van der Waals surface area contributed by atoms with Gasteiger partial charge in [-0.2, -0.15) is 0 Å². The van der Waals surface area contributed by atoms with E-state index in [4.69, 9.17) is 4.74 Å². The number of aromatic nitrogens is 1. The maximum absolute atomic E-state index is 5.96. The van der Waals surface area contributed by atoms with E-state index in [1.807, 2.05) is 31.5 Å². The Bertz CT molecular complexity index is 555. The third-order valence-corrected chi connectivity index (χ3v) is 3.02. The molecule has 0 atom stereocenters. The van der Waals surface area contributed by atoms with E-state index in [0.717, 1.165) is 16.9 Å². The Kier molecular flexibility index (Phi) is 3.89. The van der Waals surface area contributed by atoms with Crippen molar-refractivity contribution in [2.24, 2.45) is 0 Å². The van der Waals surface area contributed by atoms with Gasteiger partial charge in [0.15, 0.2) is 0 Å².